The monoisotopic (exact) mass is 290 g/mol. The lowest BCUT2D eigenvalue weighted by Gasteiger charge is -2.21. The zero-order chi connectivity index (χ0) is 12.2. The van der Waals surface area contributed by atoms with Crippen molar-refractivity contribution in [3.05, 3.63) is 34.1 Å². The number of hydrogen-bond donors (Lipinski definition) is 1. The quantitative estimate of drug-likeness (QED) is 0.903. The molecule has 0 unspecified atom stereocenters. The average Bonchev–Trinajstić information content (AvgIpc) is 2.21. The molecule has 1 aromatic carbocycles. The Balaban J connectivity index is 2.49. The third-order valence-electron chi connectivity index (χ3n) is 2.19. The van der Waals surface area contributed by atoms with E-state index >= 15 is 0 Å². The second-order valence-electron chi connectivity index (χ2n) is 4.55. The van der Waals surface area contributed by atoms with Gasteiger partial charge >= 0.3 is 0 Å². The summed E-state index contributed by atoms with van der Waals surface area (Å²) < 4.78 is 19.5. The fraction of sp³-hybridized carbons (Fsp3) is 0.500. The Kier molecular flexibility index (Phi) is 4.89. The van der Waals surface area contributed by atoms with Gasteiger partial charge in [-0.1, -0.05) is 35.8 Å². The Morgan fingerprint density at radius 3 is 2.69 bits per heavy atom. The van der Waals surface area contributed by atoms with Gasteiger partial charge in [0.25, 0.3) is 0 Å². The molecule has 0 aromatic heterocycles. The molecule has 1 rings (SSSR count). The first kappa shape index (κ1) is 13.6. The van der Waals surface area contributed by atoms with E-state index in [9.17, 15) is 4.39 Å². The highest BCUT2D eigenvalue weighted by Gasteiger charge is 2.16. The Morgan fingerprint density at radius 2 is 2.12 bits per heavy atom. The summed E-state index contributed by atoms with van der Waals surface area (Å²) in [5.41, 5.74) is 0.239. The maximum Gasteiger partial charge on any atom is 0.129 e. The second kappa shape index (κ2) is 5.75. The van der Waals surface area contributed by atoms with Crippen LogP contribution in [0.2, 0.25) is 0 Å². The number of aliphatic hydroxyl groups excluding tert-OH is 1. The summed E-state index contributed by atoms with van der Waals surface area (Å²) in [6, 6.07) is 4.88. The summed E-state index contributed by atoms with van der Waals surface area (Å²) in [5, 5.41) is 9.02. The molecule has 0 heterocycles. The topological polar surface area (TPSA) is 29.5 Å². The molecule has 90 valence electrons. The molecular weight excluding hydrogens is 275 g/mol. The van der Waals surface area contributed by atoms with Crippen molar-refractivity contribution in [1.82, 2.24) is 0 Å². The van der Waals surface area contributed by atoms with Gasteiger partial charge in [0, 0.05) is 15.5 Å². The van der Waals surface area contributed by atoms with Crippen molar-refractivity contribution in [2.75, 3.05) is 13.2 Å². The molecule has 0 fully saturated rings. The minimum absolute atomic E-state index is 0.0514. The van der Waals surface area contributed by atoms with Gasteiger partial charge in [0.05, 0.1) is 19.8 Å². The summed E-state index contributed by atoms with van der Waals surface area (Å²) >= 11 is 3.19. The van der Waals surface area contributed by atoms with E-state index in [0.717, 1.165) is 0 Å². The highest BCUT2D eigenvalue weighted by Crippen LogP contribution is 2.18. The van der Waals surface area contributed by atoms with E-state index in [0.29, 0.717) is 16.6 Å². The lowest BCUT2D eigenvalue weighted by molar-refractivity contribution is 0.0188. The zero-order valence-corrected chi connectivity index (χ0v) is 11.1. The molecule has 0 aliphatic carbocycles. The summed E-state index contributed by atoms with van der Waals surface area (Å²) in [6.45, 7) is 4.47. The van der Waals surface area contributed by atoms with Gasteiger partial charge in [-0.3, -0.25) is 0 Å². The predicted octanol–water partition coefficient (Wildman–Crippen LogP) is 3.12. The van der Waals surface area contributed by atoms with Crippen LogP contribution in [0, 0.1) is 11.2 Å². The maximum atomic E-state index is 13.4. The minimum atomic E-state index is -0.286. The predicted molar refractivity (Wildman–Crippen MR) is 64.6 cm³/mol. The first-order valence-corrected chi connectivity index (χ1v) is 5.86. The molecule has 16 heavy (non-hydrogen) atoms. The Bertz CT molecular complexity index is 353. The molecular formula is C12H16BrFO2. The van der Waals surface area contributed by atoms with Gasteiger partial charge < -0.3 is 9.84 Å². The van der Waals surface area contributed by atoms with Gasteiger partial charge in [0.2, 0.25) is 0 Å². The van der Waals surface area contributed by atoms with Crippen molar-refractivity contribution in [3.63, 3.8) is 0 Å². The summed E-state index contributed by atoms with van der Waals surface area (Å²) in [7, 11) is 0. The van der Waals surface area contributed by atoms with E-state index < -0.39 is 0 Å². The lowest BCUT2D eigenvalue weighted by atomic mass is 9.97. The fourth-order valence-electron chi connectivity index (χ4n) is 1.12. The van der Waals surface area contributed by atoms with Crippen LogP contribution < -0.4 is 0 Å². The van der Waals surface area contributed by atoms with Crippen LogP contribution in [0.4, 0.5) is 4.39 Å². The van der Waals surface area contributed by atoms with Crippen LogP contribution in [0.15, 0.2) is 22.7 Å². The molecule has 0 saturated carbocycles. The van der Waals surface area contributed by atoms with Crippen molar-refractivity contribution < 1.29 is 14.2 Å². The van der Waals surface area contributed by atoms with Gasteiger partial charge in [-0.15, -0.1) is 0 Å². The van der Waals surface area contributed by atoms with Crippen molar-refractivity contribution in [2.45, 2.75) is 20.5 Å². The largest absolute Gasteiger partial charge is 0.396 e. The zero-order valence-electron chi connectivity index (χ0n) is 9.46. The first-order valence-electron chi connectivity index (χ1n) is 5.07. The Labute approximate surface area is 104 Å². The van der Waals surface area contributed by atoms with E-state index in [1.165, 1.54) is 6.07 Å². The number of aliphatic hydroxyl groups is 1. The number of hydrogen-bond acceptors (Lipinski definition) is 2. The second-order valence-corrected chi connectivity index (χ2v) is 5.47. The van der Waals surface area contributed by atoms with Crippen LogP contribution in [0.5, 0.6) is 0 Å². The summed E-state index contributed by atoms with van der Waals surface area (Å²) in [6.07, 6.45) is 0. The van der Waals surface area contributed by atoms with Crippen molar-refractivity contribution >= 4 is 15.9 Å². The molecule has 1 aromatic rings. The van der Waals surface area contributed by atoms with Crippen molar-refractivity contribution in [3.8, 4) is 0 Å². The molecule has 0 bridgehead atoms. The SMILES string of the molecule is CC(C)(CO)COCc1ccc(Br)cc1F. The lowest BCUT2D eigenvalue weighted by Crippen LogP contribution is -2.23. The van der Waals surface area contributed by atoms with E-state index in [2.05, 4.69) is 15.9 Å². The molecule has 1 N–H and O–H groups in total. The number of halogens is 2. The highest BCUT2D eigenvalue weighted by atomic mass is 79.9. The molecule has 0 saturated heterocycles. The van der Waals surface area contributed by atoms with Gasteiger partial charge in [-0.2, -0.15) is 0 Å². The highest BCUT2D eigenvalue weighted by molar-refractivity contribution is 9.10. The molecule has 4 heteroatoms. The Hall–Kier alpha value is -0.450. The summed E-state index contributed by atoms with van der Waals surface area (Å²) in [4.78, 5) is 0. The van der Waals surface area contributed by atoms with E-state index in [1.54, 1.807) is 12.1 Å². The standard InChI is InChI=1S/C12H16BrFO2/c1-12(2,7-15)8-16-6-9-3-4-10(13)5-11(9)14/h3-5,15H,6-8H2,1-2H3. The van der Waals surface area contributed by atoms with Crippen LogP contribution in [-0.4, -0.2) is 18.3 Å². The van der Waals surface area contributed by atoms with E-state index in [4.69, 9.17) is 9.84 Å². The minimum Gasteiger partial charge on any atom is -0.396 e. The van der Waals surface area contributed by atoms with Crippen LogP contribution >= 0.6 is 15.9 Å². The normalized spacial score (nSPS) is 11.8. The van der Waals surface area contributed by atoms with Crippen molar-refractivity contribution in [1.29, 1.82) is 0 Å². The third-order valence-corrected chi connectivity index (χ3v) is 2.69. The molecule has 0 spiro atoms. The van der Waals surface area contributed by atoms with Gasteiger partial charge in [-0.25, -0.2) is 4.39 Å². The van der Waals surface area contributed by atoms with Crippen LogP contribution in [0.1, 0.15) is 19.4 Å². The number of benzene rings is 1. The number of ether oxygens (including phenoxy) is 1. The van der Waals surface area contributed by atoms with Gasteiger partial charge in [0.15, 0.2) is 0 Å². The van der Waals surface area contributed by atoms with Crippen LogP contribution in [-0.2, 0) is 11.3 Å². The fourth-order valence-corrected chi connectivity index (χ4v) is 1.45. The third kappa shape index (κ3) is 4.20. The molecule has 0 radical (unpaired) electrons. The van der Waals surface area contributed by atoms with E-state index in [-0.39, 0.29) is 24.4 Å². The van der Waals surface area contributed by atoms with Crippen molar-refractivity contribution in [2.24, 2.45) is 5.41 Å². The Morgan fingerprint density at radius 1 is 1.44 bits per heavy atom. The van der Waals surface area contributed by atoms with Crippen LogP contribution in [0.3, 0.4) is 0 Å². The molecule has 0 atom stereocenters. The van der Waals surface area contributed by atoms with E-state index in [1.807, 2.05) is 13.8 Å². The molecule has 0 amide bonds. The maximum absolute atomic E-state index is 13.4. The van der Waals surface area contributed by atoms with Crippen LogP contribution in [0.25, 0.3) is 0 Å². The smallest absolute Gasteiger partial charge is 0.129 e. The van der Waals surface area contributed by atoms with Gasteiger partial charge in [0.1, 0.15) is 5.82 Å². The summed E-state index contributed by atoms with van der Waals surface area (Å²) in [5.74, 6) is -0.281. The molecule has 0 aliphatic heterocycles. The molecule has 0 aliphatic rings. The number of rotatable bonds is 5. The molecule has 2 nitrogen and oxygen atoms in total. The first-order chi connectivity index (χ1) is 7.44. The average molecular weight is 291 g/mol. The van der Waals surface area contributed by atoms with Gasteiger partial charge in [-0.05, 0) is 12.1 Å².